The summed E-state index contributed by atoms with van der Waals surface area (Å²) in [6.07, 6.45) is 28.0. The molecule has 14 nitrogen and oxygen atoms in total. The van der Waals surface area contributed by atoms with Crippen LogP contribution in [0.4, 0.5) is 0 Å². The second-order valence-electron chi connectivity index (χ2n) is 16.1. The van der Waals surface area contributed by atoms with Gasteiger partial charge in [-0.25, -0.2) is 4.57 Å². The first-order valence-corrected chi connectivity index (χ1v) is 24.7. The van der Waals surface area contributed by atoms with Crippen molar-refractivity contribution in [1.82, 2.24) is 0 Å². The molecule has 1 aliphatic carbocycles. The van der Waals surface area contributed by atoms with Gasteiger partial charge in [-0.05, 0) is 44.9 Å². The van der Waals surface area contributed by atoms with Crippen molar-refractivity contribution in [3.63, 3.8) is 0 Å². The second kappa shape index (κ2) is 36.8. The molecule has 0 aromatic rings. The van der Waals surface area contributed by atoms with Crippen molar-refractivity contribution in [1.29, 1.82) is 0 Å². The molecule has 0 bridgehead atoms. The van der Waals surface area contributed by atoms with E-state index in [1.165, 1.54) is 70.6 Å². The molecule has 1 aliphatic rings. The number of carbonyl (C=O) groups is 2. The van der Waals surface area contributed by atoms with Crippen LogP contribution in [0.2, 0.25) is 0 Å². The minimum Gasteiger partial charge on any atom is -0.462 e. The lowest BCUT2D eigenvalue weighted by molar-refractivity contribution is -0.220. The maximum atomic E-state index is 12.8. The Balaban J connectivity index is 2.51. The van der Waals surface area contributed by atoms with Gasteiger partial charge in [0.1, 0.15) is 43.2 Å². The molecule has 0 saturated heterocycles. The fraction of sp³-hybridized carbons (Fsp3) is 0.745. The van der Waals surface area contributed by atoms with Crippen molar-refractivity contribution in [3.8, 4) is 0 Å². The molecule has 7 N–H and O–H groups in total. The molecule has 0 aliphatic heterocycles. The number of aliphatic hydroxyl groups is 6. The van der Waals surface area contributed by atoms with E-state index in [4.69, 9.17) is 18.5 Å². The van der Waals surface area contributed by atoms with Gasteiger partial charge in [-0.3, -0.25) is 18.6 Å². The maximum Gasteiger partial charge on any atom is 0.472 e. The lowest BCUT2D eigenvalue weighted by Gasteiger charge is -2.41. The monoisotopic (exact) mass is 901 g/mol. The van der Waals surface area contributed by atoms with Crippen LogP contribution in [-0.2, 0) is 32.7 Å². The Bertz CT molecular complexity index is 1330. The van der Waals surface area contributed by atoms with E-state index in [1.807, 2.05) is 43.4 Å². The smallest absolute Gasteiger partial charge is 0.462 e. The molecule has 1 saturated carbocycles. The minimum atomic E-state index is -5.14. The Kier molecular flexibility index (Phi) is 34.2. The zero-order valence-electron chi connectivity index (χ0n) is 37.5. The average molecular weight is 901 g/mol. The van der Waals surface area contributed by atoms with E-state index in [-0.39, 0.29) is 12.8 Å². The lowest BCUT2D eigenvalue weighted by atomic mass is 9.85. The SMILES string of the molecule is CCCCCCCCCCCCCCCCCC(=O)OCC(COP(=O)(O)OC1C(O)C(O)C(O)C(O)C1O)OC(=O)CCCC=CCC=CCC=CCC=CC=CC(O)CC. The van der Waals surface area contributed by atoms with Gasteiger partial charge in [0, 0.05) is 12.8 Å². The third-order valence-corrected chi connectivity index (χ3v) is 11.5. The van der Waals surface area contributed by atoms with Crippen molar-refractivity contribution < 1.29 is 68.2 Å². The van der Waals surface area contributed by atoms with E-state index in [2.05, 4.69) is 25.2 Å². The van der Waals surface area contributed by atoms with Crippen molar-refractivity contribution in [3.05, 3.63) is 60.8 Å². The summed E-state index contributed by atoms with van der Waals surface area (Å²) in [7, 11) is -5.14. The molecular weight excluding hydrogens is 819 g/mol. The first kappa shape index (κ1) is 57.5. The number of esters is 2. The highest BCUT2D eigenvalue weighted by molar-refractivity contribution is 7.47. The molecule has 15 heteroatoms. The van der Waals surface area contributed by atoms with Crippen molar-refractivity contribution >= 4 is 19.8 Å². The number of phosphoric acid groups is 1. The zero-order valence-corrected chi connectivity index (χ0v) is 38.4. The largest absolute Gasteiger partial charge is 0.472 e. The first-order chi connectivity index (χ1) is 29.8. The fourth-order valence-electron chi connectivity index (χ4n) is 6.63. The number of allylic oxidation sites excluding steroid dienone is 9. The molecule has 7 unspecified atom stereocenters. The summed E-state index contributed by atoms with van der Waals surface area (Å²) >= 11 is 0. The zero-order chi connectivity index (χ0) is 45.9. The van der Waals surface area contributed by atoms with Gasteiger partial charge < -0.3 is 45.0 Å². The Morgan fingerprint density at radius 2 is 1.05 bits per heavy atom. The van der Waals surface area contributed by atoms with Crippen LogP contribution < -0.4 is 0 Å². The van der Waals surface area contributed by atoms with Gasteiger partial charge in [-0.15, -0.1) is 0 Å². The van der Waals surface area contributed by atoms with E-state index in [9.17, 15) is 49.7 Å². The molecule has 0 radical (unpaired) electrons. The number of phosphoric ester groups is 1. The molecule has 358 valence electrons. The summed E-state index contributed by atoms with van der Waals surface area (Å²) in [5.41, 5.74) is 0. The Morgan fingerprint density at radius 3 is 1.58 bits per heavy atom. The molecule has 0 aromatic carbocycles. The van der Waals surface area contributed by atoms with E-state index in [1.54, 1.807) is 6.08 Å². The number of aliphatic hydroxyl groups excluding tert-OH is 6. The summed E-state index contributed by atoms with van der Waals surface area (Å²) in [6.45, 7) is 2.92. The molecule has 0 amide bonds. The summed E-state index contributed by atoms with van der Waals surface area (Å²) in [5, 5.41) is 59.6. The lowest BCUT2D eigenvalue weighted by Crippen LogP contribution is -2.64. The Labute approximate surface area is 371 Å². The number of ether oxygens (including phenoxy) is 2. The van der Waals surface area contributed by atoms with Crippen LogP contribution in [0.1, 0.15) is 162 Å². The van der Waals surface area contributed by atoms with E-state index in [0.29, 0.717) is 25.7 Å². The molecular formula is C47H81O14P. The van der Waals surface area contributed by atoms with Crippen molar-refractivity contribution in [2.45, 2.75) is 210 Å². The van der Waals surface area contributed by atoms with Crippen molar-refractivity contribution in [2.24, 2.45) is 0 Å². The van der Waals surface area contributed by atoms with Gasteiger partial charge in [0.25, 0.3) is 0 Å². The maximum absolute atomic E-state index is 12.8. The van der Waals surface area contributed by atoms with Gasteiger partial charge in [-0.1, -0.05) is 164 Å². The van der Waals surface area contributed by atoms with Crippen LogP contribution in [0.15, 0.2) is 60.8 Å². The van der Waals surface area contributed by atoms with Crippen LogP contribution >= 0.6 is 7.82 Å². The highest BCUT2D eigenvalue weighted by Gasteiger charge is 2.51. The molecule has 1 fully saturated rings. The molecule has 1 rings (SSSR count). The summed E-state index contributed by atoms with van der Waals surface area (Å²) in [6, 6.07) is 0. The average Bonchev–Trinajstić information content (AvgIpc) is 3.25. The van der Waals surface area contributed by atoms with E-state index < -0.39 is 81.8 Å². The van der Waals surface area contributed by atoms with E-state index in [0.717, 1.165) is 38.5 Å². The standard InChI is InChI=1S/C47H81O14P/c1-3-5-6-7-8-9-10-11-12-16-19-22-25-28-31-34-40(49)58-36-39(37-59-62(56,57)61-47-45(54)43(52)42(51)44(53)46(47)55)60-41(50)35-32-29-26-23-20-17-14-13-15-18-21-24-27-30-33-38(48)4-2/h14-15,17-18,23-24,26-27,30,33,38-39,42-48,51-55H,3-13,16,19-22,25,28-29,31-32,34-37H2,1-2H3,(H,56,57). The van der Waals surface area contributed by atoms with Crippen LogP contribution in [0, 0.1) is 0 Å². The second-order valence-corrected chi connectivity index (χ2v) is 17.5. The Hall–Kier alpha value is -2.49. The third-order valence-electron chi connectivity index (χ3n) is 10.5. The first-order valence-electron chi connectivity index (χ1n) is 23.2. The van der Waals surface area contributed by atoms with Crippen LogP contribution in [0.25, 0.3) is 0 Å². The molecule has 0 spiro atoms. The van der Waals surface area contributed by atoms with Crippen LogP contribution in [-0.4, -0.2) is 110 Å². The molecule has 7 atom stereocenters. The number of rotatable bonds is 37. The fourth-order valence-corrected chi connectivity index (χ4v) is 7.60. The predicted octanol–water partition coefficient (Wildman–Crippen LogP) is 7.92. The van der Waals surface area contributed by atoms with Gasteiger partial charge in [0.2, 0.25) is 0 Å². The normalized spacial score (nSPS) is 22.9. The summed E-state index contributed by atoms with van der Waals surface area (Å²) in [4.78, 5) is 35.7. The quantitative estimate of drug-likeness (QED) is 0.0103. The van der Waals surface area contributed by atoms with Crippen LogP contribution in [0.5, 0.6) is 0 Å². The molecule has 62 heavy (non-hydrogen) atoms. The number of carbonyl (C=O) groups excluding carboxylic acids is 2. The number of hydrogen-bond donors (Lipinski definition) is 7. The predicted molar refractivity (Wildman–Crippen MR) is 241 cm³/mol. The molecule has 0 heterocycles. The van der Waals surface area contributed by atoms with Gasteiger partial charge in [-0.2, -0.15) is 0 Å². The topological polar surface area (TPSA) is 230 Å². The van der Waals surface area contributed by atoms with Gasteiger partial charge >= 0.3 is 19.8 Å². The summed E-state index contributed by atoms with van der Waals surface area (Å²) in [5.74, 6) is -1.19. The highest BCUT2D eigenvalue weighted by Crippen LogP contribution is 2.47. The highest BCUT2D eigenvalue weighted by atomic mass is 31.2. The van der Waals surface area contributed by atoms with Gasteiger partial charge in [0.05, 0.1) is 12.7 Å². The van der Waals surface area contributed by atoms with E-state index >= 15 is 0 Å². The van der Waals surface area contributed by atoms with Crippen LogP contribution in [0.3, 0.4) is 0 Å². The molecule has 0 aromatic heterocycles. The number of hydrogen-bond acceptors (Lipinski definition) is 13. The third kappa shape index (κ3) is 29.1. The van der Waals surface area contributed by atoms with Crippen molar-refractivity contribution in [2.75, 3.05) is 13.2 Å². The summed E-state index contributed by atoms with van der Waals surface area (Å²) < 4.78 is 33.4. The van der Waals surface area contributed by atoms with Gasteiger partial charge in [0.15, 0.2) is 6.10 Å². The minimum absolute atomic E-state index is 0.00379. The number of unbranched alkanes of at least 4 members (excludes halogenated alkanes) is 15. The Morgan fingerprint density at radius 1 is 0.581 bits per heavy atom.